The van der Waals surface area contributed by atoms with E-state index in [1.807, 2.05) is 36.4 Å². The van der Waals surface area contributed by atoms with E-state index in [2.05, 4.69) is 44.7 Å². The lowest BCUT2D eigenvalue weighted by molar-refractivity contribution is -0.166. The summed E-state index contributed by atoms with van der Waals surface area (Å²) < 4.78 is 18.0. The number of aromatic hydroxyl groups is 1. The average Bonchev–Trinajstić information content (AvgIpc) is 3.27. The third-order valence-corrected chi connectivity index (χ3v) is 12.5. The van der Waals surface area contributed by atoms with Gasteiger partial charge >= 0.3 is 0 Å². The number of carbonyl (C=O) groups is 3. The normalized spacial score (nSPS) is 18.7. The van der Waals surface area contributed by atoms with Crippen molar-refractivity contribution in [3.63, 3.8) is 0 Å². The first-order valence-corrected chi connectivity index (χ1v) is 22.1. The third kappa shape index (κ3) is 11.8. The number of nitrogens with zero attached hydrogens (tertiary/aromatic N) is 3. The van der Waals surface area contributed by atoms with Gasteiger partial charge in [0.1, 0.15) is 17.5 Å². The van der Waals surface area contributed by atoms with Crippen molar-refractivity contribution < 1.29 is 38.8 Å². The van der Waals surface area contributed by atoms with Crippen molar-refractivity contribution in [1.29, 1.82) is 0 Å². The number of aliphatic hydroxyl groups is 1. The van der Waals surface area contributed by atoms with E-state index in [0.29, 0.717) is 83.2 Å². The lowest BCUT2D eigenvalue weighted by Crippen LogP contribution is -2.59. The molecule has 13 nitrogen and oxygen atoms in total. The van der Waals surface area contributed by atoms with Crippen LogP contribution in [0, 0.1) is 0 Å². The van der Waals surface area contributed by atoms with E-state index in [0.717, 1.165) is 75.7 Å². The molecule has 0 aromatic heterocycles. The minimum Gasteiger partial charge on any atom is -0.506 e. The van der Waals surface area contributed by atoms with Gasteiger partial charge in [0.15, 0.2) is 12.4 Å². The molecule has 0 bridgehead atoms. The number of piperidine rings is 1. The Hall–Kier alpha value is -4.53. The van der Waals surface area contributed by atoms with Gasteiger partial charge in [-0.05, 0) is 73.4 Å². The third-order valence-electron chi connectivity index (χ3n) is 12.5. The maximum Gasteiger partial charge on any atom is 0.262 e. The van der Waals surface area contributed by atoms with Gasteiger partial charge in [0.25, 0.3) is 11.8 Å². The fraction of sp³-hybridized carbons (Fsp3) is 0.553. The van der Waals surface area contributed by atoms with Gasteiger partial charge in [0.2, 0.25) is 5.91 Å². The molecule has 1 atom stereocenters. The predicted molar refractivity (Wildman–Crippen MR) is 229 cm³/mol. The molecule has 60 heavy (non-hydrogen) atoms. The summed E-state index contributed by atoms with van der Waals surface area (Å²) >= 11 is 0. The summed E-state index contributed by atoms with van der Waals surface area (Å²) in [5.74, 6) is 0.159. The predicted octanol–water partition coefficient (Wildman–Crippen LogP) is 4.46. The highest BCUT2D eigenvalue weighted by atomic mass is 16.5. The van der Waals surface area contributed by atoms with Crippen molar-refractivity contribution in [2.45, 2.75) is 94.9 Å². The molecule has 1 spiro atoms. The van der Waals surface area contributed by atoms with Gasteiger partial charge in [0, 0.05) is 58.3 Å². The van der Waals surface area contributed by atoms with Crippen LogP contribution in [0.15, 0.2) is 66.7 Å². The Morgan fingerprint density at radius 3 is 2.53 bits per heavy atom. The molecule has 4 aliphatic rings. The van der Waals surface area contributed by atoms with Crippen LogP contribution in [0.5, 0.6) is 11.5 Å². The highest BCUT2D eigenvalue weighted by Crippen LogP contribution is 2.39. The van der Waals surface area contributed by atoms with Gasteiger partial charge in [0.05, 0.1) is 31.8 Å². The summed E-state index contributed by atoms with van der Waals surface area (Å²) in [5.41, 5.74) is 4.29. The largest absolute Gasteiger partial charge is 0.506 e. The molecular formula is C47H63N5O8. The maximum absolute atomic E-state index is 13.6. The molecule has 13 heteroatoms. The van der Waals surface area contributed by atoms with E-state index in [9.17, 15) is 24.6 Å². The molecular weight excluding hydrogens is 763 g/mol. The van der Waals surface area contributed by atoms with Crippen molar-refractivity contribution in [3.8, 4) is 11.5 Å². The molecule has 0 radical (unpaired) electrons. The first-order valence-electron chi connectivity index (χ1n) is 22.1. The van der Waals surface area contributed by atoms with Gasteiger partial charge in [-0.1, -0.05) is 79.9 Å². The number of ether oxygens (including phenoxy) is 3. The van der Waals surface area contributed by atoms with E-state index in [1.54, 1.807) is 11.0 Å². The standard InChI is InChI=1S/C47H63N5O8/c53-40-15-14-38(45-44(40)49-42(55)33-59-45)16-21-48-22-25-52(39-12-5-2-6-13-39)43(56)18-28-58-27-17-36-10-7-11-37(30-36)32-50-23-19-47(20-24-50)34-51(26-29-60-47)46(57)41(54)31-35-8-3-1-4-9-35/h1,3-4,7-11,14-15,30,39,41,48,53-54H,2,5-6,12-13,16-29,31-34H2,(H,49,55). The number of anilines is 1. The second kappa shape index (κ2) is 21.3. The molecule has 3 aliphatic heterocycles. The molecule has 1 unspecified atom stereocenters. The molecule has 324 valence electrons. The van der Waals surface area contributed by atoms with Crippen molar-refractivity contribution in [2.24, 2.45) is 0 Å². The molecule has 3 amide bonds. The monoisotopic (exact) mass is 825 g/mol. The van der Waals surface area contributed by atoms with Gasteiger partial charge in [-0.25, -0.2) is 0 Å². The molecule has 4 N–H and O–H groups in total. The molecule has 1 saturated carbocycles. The summed E-state index contributed by atoms with van der Waals surface area (Å²) in [6, 6.07) is 22.0. The lowest BCUT2D eigenvalue weighted by atomic mass is 9.88. The molecule has 7 rings (SSSR count). The van der Waals surface area contributed by atoms with Crippen molar-refractivity contribution in [3.05, 3.63) is 89.0 Å². The quantitative estimate of drug-likeness (QED) is 0.107. The van der Waals surface area contributed by atoms with Crippen LogP contribution in [0.25, 0.3) is 0 Å². The highest BCUT2D eigenvalue weighted by Gasteiger charge is 2.42. The minimum absolute atomic E-state index is 0.00800. The number of aliphatic hydroxyl groups excluding tert-OH is 1. The number of phenolic OH excluding ortho intramolecular Hbond substituents is 1. The smallest absolute Gasteiger partial charge is 0.262 e. The summed E-state index contributed by atoms with van der Waals surface area (Å²) in [6.45, 7) is 6.97. The van der Waals surface area contributed by atoms with Crippen LogP contribution in [0.4, 0.5) is 5.69 Å². The zero-order chi connectivity index (χ0) is 41.7. The second-order valence-electron chi connectivity index (χ2n) is 16.9. The highest BCUT2D eigenvalue weighted by molar-refractivity contribution is 5.97. The molecule has 3 aromatic carbocycles. The molecule has 3 aromatic rings. The van der Waals surface area contributed by atoms with E-state index in [-0.39, 0.29) is 41.7 Å². The maximum atomic E-state index is 13.6. The number of carbonyl (C=O) groups excluding carboxylic acids is 3. The summed E-state index contributed by atoms with van der Waals surface area (Å²) in [5, 5.41) is 27.1. The first kappa shape index (κ1) is 43.6. The number of amides is 3. The number of likely N-dealkylation sites (tertiary alicyclic amines) is 1. The Morgan fingerprint density at radius 2 is 1.72 bits per heavy atom. The summed E-state index contributed by atoms with van der Waals surface area (Å²) in [4.78, 5) is 44.8. The minimum atomic E-state index is -1.05. The van der Waals surface area contributed by atoms with Crippen LogP contribution in [-0.2, 0) is 49.7 Å². The Balaban J connectivity index is 0.804. The molecule has 3 fully saturated rings. The number of benzene rings is 3. The fourth-order valence-corrected chi connectivity index (χ4v) is 9.19. The van der Waals surface area contributed by atoms with Crippen LogP contribution < -0.4 is 15.4 Å². The van der Waals surface area contributed by atoms with Crippen LogP contribution in [0.1, 0.15) is 73.6 Å². The zero-order valence-electron chi connectivity index (χ0n) is 35.0. The van der Waals surface area contributed by atoms with Gasteiger partial charge < -0.3 is 44.9 Å². The molecule has 2 saturated heterocycles. The number of morpholine rings is 1. The fourth-order valence-electron chi connectivity index (χ4n) is 9.19. The van der Waals surface area contributed by atoms with Gasteiger partial charge in [-0.2, -0.15) is 0 Å². The number of rotatable bonds is 18. The second-order valence-corrected chi connectivity index (χ2v) is 16.9. The van der Waals surface area contributed by atoms with E-state index >= 15 is 0 Å². The average molecular weight is 826 g/mol. The Bertz CT molecular complexity index is 1880. The first-order chi connectivity index (χ1) is 29.2. The molecule has 1 aliphatic carbocycles. The number of nitrogens with one attached hydrogen (secondary N) is 2. The van der Waals surface area contributed by atoms with Crippen LogP contribution >= 0.6 is 0 Å². The number of hydrogen-bond donors (Lipinski definition) is 4. The van der Waals surface area contributed by atoms with Crippen LogP contribution in [-0.4, -0.2) is 133 Å². The van der Waals surface area contributed by atoms with Crippen LogP contribution in [0.2, 0.25) is 0 Å². The van der Waals surface area contributed by atoms with E-state index in [4.69, 9.17) is 14.2 Å². The van der Waals surface area contributed by atoms with Crippen LogP contribution in [0.3, 0.4) is 0 Å². The SMILES string of the molecule is O=C1COc2c(CCNCCN(C(=O)CCOCCc3cccc(CN4CCC5(CC4)CN(C(=O)C(O)Cc4ccccc4)CCO5)c3)C3CCCCC3)ccc(O)c2N1. The Labute approximate surface area is 354 Å². The lowest BCUT2D eigenvalue weighted by Gasteiger charge is -2.47. The number of phenols is 1. The van der Waals surface area contributed by atoms with E-state index < -0.39 is 6.10 Å². The van der Waals surface area contributed by atoms with E-state index in [1.165, 1.54) is 17.5 Å². The number of fused-ring (bicyclic) bond motifs is 1. The van der Waals surface area contributed by atoms with Crippen molar-refractivity contribution in [2.75, 3.05) is 77.6 Å². The Kier molecular flexibility index (Phi) is 15.5. The number of hydrogen-bond acceptors (Lipinski definition) is 10. The van der Waals surface area contributed by atoms with Gasteiger partial charge in [-0.3, -0.25) is 19.3 Å². The van der Waals surface area contributed by atoms with Crippen molar-refractivity contribution >= 4 is 23.4 Å². The zero-order valence-corrected chi connectivity index (χ0v) is 35.0. The molecule has 3 heterocycles. The Morgan fingerprint density at radius 1 is 0.933 bits per heavy atom. The topological polar surface area (TPSA) is 153 Å². The summed E-state index contributed by atoms with van der Waals surface area (Å²) in [6.07, 6.45) is 8.34. The summed E-state index contributed by atoms with van der Waals surface area (Å²) in [7, 11) is 0. The van der Waals surface area contributed by atoms with Gasteiger partial charge in [-0.15, -0.1) is 0 Å². The van der Waals surface area contributed by atoms with Crippen molar-refractivity contribution in [1.82, 2.24) is 20.0 Å².